The number of aromatic amines is 1. The summed E-state index contributed by atoms with van der Waals surface area (Å²) in [5.41, 5.74) is 0. The second-order valence-corrected chi connectivity index (χ2v) is 2.54. The van der Waals surface area contributed by atoms with Crippen LogP contribution in [0.5, 0.6) is 0 Å². The molecular formula is C7H5FN6O. The van der Waals surface area contributed by atoms with E-state index in [4.69, 9.17) is 0 Å². The minimum Gasteiger partial charge on any atom is -0.304 e. The van der Waals surface area contributed by atoms with Crippen molar-refractivity contribution in [1.82, 2.24) is 25.6 Å². The number of rotatable bonds is 2. The molecule has 2 N–H and O–H groups in total. The summed E-state index contributed by atoms with van der Waals surface area (Å²) in [6.07, 6.45) is 0. The van der Waals surface area contributed by atoms with Gasteiger partial charge in [0.2, 0.25) is 5.95 Å². The van der Waals surface area contributed by atoms with Crippen LogP contribution in [-0.2, 0) is 0 Å². The molecule has 8 heteroatoms. The third-order valence-corrected chi connectivity index (χ3v) is 1.51. The predicted molar refractivity (Wildman–Crippen MR) is 46.3 cm³/mol. The smallest absolute Gasteiger partial charge is 0.298 e. The second kappa shape index (κ2) is 3.78. The highest BCUT2D eigenvalue weighted by atomic mass is 19.1. The van der Waals surface area contributed by atoms with E-state index in [-0.39, 0.29) is 11.6 Å². The van der Waals surface area contributed by atoms with Gasteiger partial charge in [-0.15, -0.1) is 10.2 Å². The number of anilines is 1. The van der Waals surface area contributed by atoms with Crippen LogP contribution < -0.4 is 5.32 Å². The van der Waals surface area contributed by atoms with Gasteiger partial charge in [-0.05, 0) is 17.3 Å². The number of carbonyl (C=O) groups excluding carboxylic acids is 1. The summed E-state index contributed by atoms with van der Waals surface area (Å²) in [4.78, 5) is 14.8. The van der Waals surface area contributed by atoms with Crippen molar-refractivity contribution in [2.24, 2.45) is 0 Å². The number of halogens is 1. The number of tetrazole rings is 1. The van der Waals surface area contributed by atoms with Gasteiger partial charge in [0.15, 0.2) is 0 Å². The van der Waals surface area contributed by atoms with E-state index in [0.29, 0.717) is 0 Å². The van der Waals surface area contributed by atoms with Crippen molar-refractivity contribution in [1.29, 1.82) is 0 Å². The summed E-state index contributed by atoms with van der Waals surface area (Å²) in [6.45, 7) is 0. The fraction of sp³-hybridized carbons (Fsp3) is 0. The van der Waals surface area contributed by atoms with Crippen LogP contribution in [0.15, 0.2) is 18.2 Å². The molecule has 0 atom stereocenters. The number of aromatic nitrogens is 5. The monoisotopic (exact) mass is 208 g/mol. The van der Waals surface area contributed by atoms with Crippen LogP contribution in [0.3, 0.4) is 0 Å². The molecule has 0 radical (unpaired) electrons. The lowest BCUT2D eigenvalue weighted by atomic mass is 10.4. The molecule has 0 aliphatic carbocycles. The molecule has 15 heavy (non-hydrogen) atoms. The minimum absolute atomic E-state index is 0.0878. The number of amides is 1. The molecule has 2 heterocycles. The maximum Gasteiger partial charge on any atom is 0.298 e. The Hall–Kier alpha value is -2.38. The van der Waals surface area contributed by atoms with E-state index in [1.807, 2.05) is 0 Å². The predicted octanol–water partition coefficient (Wildman–Crippen LogP) is -0.0139. The van der Waals surface area contributed by atoms with Crippen LogP contribution in [-0.4, -0.2) is 31.5 Å². The molecule has 0 aliphatic heterocycles. The third-order valence-electron chi connectivity index (χ3n) is 1.51. The number of pyridine rings is 1. The molecule has 0 saturated heterocycles. The Balaban J connectivity index is 2.13. The average molecular weight is 208 g/mol. The first kappa shape index (κ1) is 9.19. The highest BCUT2D eigenvalue weighted by Gasteiger charge is 2.11. The second-order valence-electron chi connectivity index (χ2n) is 2.54. The molecule has 0 saturated carbocycles. The maximum atomic E-state index is 12.6. The molecule has 7 nitrogen and oxygen atoms in total. The van der Waals surface area contributed by atoms with E-state index in [1.54, 1.807) is 0 Å². The molecular weight excluding hydrogens is 203 g/mol. The van der Waals surface area contributed by atoms with Gasteiger partial charge in [0.05, 0.1) is 0 Å². The topological polar surface area (TPSA) is 96.5 Å². The number of H-pyrrole nitrogens is 1. The zero-order chi connectivity index (χ0) is 10.7. The summed E-state index contributed by atoms with van der Waals surface area (Å²) >= 11 is 0. The summed E-state index contributed by atoms with van der Waals surface area (Å²) in [7, 11) is 0. The van der Waals surface area contributed by atoms with Crippen molar-refractivity contribution in [2.75, 3.05) is 5.32 Å². The largest absolute Gasteiger partial charge is 0.304 e. The number of hydrogen-bond donors (Lipinski definition) is 2. The zero-order valence-corrected chi connectivity index (χ0v) is 7.31. The van der Waals surface area contributed by atoms with Crippen molar-refractivity contribution < 1.29 is 9.18 Å². The molecule has 0 spiro atoms. The fourth-order valence-electron chi connectivity index (χ4n) is 0.908. The van der Waals surface area contributed by atoms with Crippen molar-refractivity contribution in [3.05, 3.63) is 30.0 Å². The maximum absolute atomic E-state index is 12.6. The normalized spacial score (nSPS) is 9.93. The summed E-state index contributed by atoms with van der Waals surface area (Å²) in [5.74, 6) is -1.34. The number of hydrogen-bond acceptors (Lipinski definition) is 5. The molecule has 2 rings (SSSR count). The lowest BCUT2D eigenvalue weighted by Gasteiger charge is -1.99. The Bertz CT molecular complexity index is 470. The molecule has 0 bridgehead atoms. The Morgan fingerprint density at radius 3 is 3.00 bits per heavy atom. The van der Waals surface area contributed by atoms with Crippen molar-refractivity contribution in [3.63, 3.8) is 0 Å². The number of carbonyl (C=O) groups is 1. The van der Waals surface area contributed by atoms with Crippen LogP contribution in [0.4, 0.5) is 10.2 Å². The lowest BCUT2D eigenvalue weighted by Crippen LogP contribution is -2.15. The highest BCUT2D eigenvalue weighted by molar-refractivity contribution is 6.00. The van der Waals surface area contributed by atoms with Crippen LogP contribution in [0.25, 0.3) is 0 Å². The number of nitrogens with one attached hydrogen (secondary N) is 2. The molecule has 2 aromatic rings. The third kappa shape index (κ3) is 2.10. The molecule has 0 fully saturated rings. The van der Waals surface area contributed by atoms with Crippen LogP contribution >= 0.6 is 0 Å². The Labute approximate surface area is 82.7 Å². The Morgan fingerprint density at radius 2 is 2.33 bits per heavy atom. The van der Waals surface area contributed by atoms with Gasteiger partial charge in [0.1, 0.15) is 5.82 Å². The van der Waals surface area contributed by atoms with Gasteiger partial charge >= 0.3 is 0 Å². The van der Waals surface area contributed by atoms with Crippen molar-refractivity contribution in [3.8, 4) is 0 Å². The lowest BCUT2D eigenvalue weighted by molar-refractivity contribution is 0.101. The van der Waals surface area contributed by atoms with Gasteiger partial charge in [-0.2, -0.15) is 9.60 Å². The zero-order valence-electron chi connectivity index (χ0n) is 7.31. The van der Waals surface area contributed by atoms with Crippen LogP contribution in [0.2, 0.25) is 0 Å². The Morgan fingerprint density at radius 1 is 1.47 bits per heavy atom. The van der Waals surface area contributed by atoms with Crippen molar-refractivity contribution in [2.45, 2.75) is 0 Å². The van der Waals surface area contributed by atoms with E-state index >= 15 is 0 Å². The van der Waals surface area contributed by atoms with Gasteiger partial charge in [-0.1, -0.05) is 6.07 Å². The van der Waals surface area contributed by atoms with Gasteiger partial charge in [0.25, 0.3) is 11.7 Å². The SMILES string of the molecule is O=C(Nc1cccc(F)n1)c1nn[nH]n1. The molecule has 0 aliphatic rings. The Kier molecular flexibility index (Phi) is 2.31. The van der Waals surface area contributed by atoms with E-state index in [2.05, 4.69) is 30.9 Å². The molecule has 0 aromatic carbocycles. The summed E-state index contributed by atoms with van der Waals surface area (Å²) in [5, 5.41) is 14.6. The first-order valence-corrected chi connectivity index (χ1v) is 3.93. The standard InChI is InChI=1S/C7H5FN6O/c8-4-2-1-3-5(9-4)10-7(15)6-11-13-14-12-6/h1-3H,(H,9,10,15)(H,11,12,13,14). The highest BCUT2D eigenvalue weighted by Crippen LogP contribution is 2.04. The molecule has 2 aromatic heterocycles. The first-order chi connectivity index (χ1) is 7.25. The van der Waals surface area contributed by atoms with E-state index in [0.717, 1.165) is 0 Å². The van der Waals surface area contributed by atoms with Crippen LogP contribution in [0, 0.1) is 5.95 Å². The summed E-state index contributed by atoms with van der Waals surface area (Å²) < 4.78 is 12.6. The quantitative estimate of drug-likeness (QED) is 0.676. The molecule has 76 valence electrons. The van der Waals surface area contributed by atoms with E-state index in [1.165, 1.54) is 18.2 Å². The average Bonchev–Trinajstić information content (AvgIpc) is 2.70. The van der Waals surface area contributed by atoms with Gasteiger partial charge < -0.3 is 5.32 Å². The first-order valence-electron chi connectivity index (χ1n) is 3.93. The molecule has 0 unspecified atom stereocenters. The number of nitrogens with zero attached hydrogens (tertiary/aromatic N) is 4. The minimum atomic E-state index is -0.680. The van der Waals surface area contributed by atoms with Gasteiger partial charge in [-0.3, -0.25) is 4.79 Å². The fourth-order valence-corrected chi connectivity index (χ4v) is 0.908. The van der Waals surface area contributed by atoms with Gasteiger partial charge in [-0.25, -0.2) is 4.98 Å². The van der Waals surface area contributed by atoms with E-state index < -0.39 is 11.9 Å². The van der Waals surface area contributed by atoms with Crippen LogP contribution in [0.1, 0.15) is 10.6 Å². The van der Waals surface area contributed by atoms with E-state index in [9.17, 15) is 9.18 Å². The van der Waals surface area contributed by atoms with Crippen molar-refractivity contribution >= 4 is 11.7 Å². The summed E-state index contributed by atoms with van der Waals surface area (Å²) in [6, 6.07) is 4.04. The molecule has 1 amide bonds. The van der Waals surface area contributed by atoms with Gasteiger partial charge in [0, 0.05) is 0 Å².